The van der Waals surface area contributed by atoms with E-state index in [-0.39, 0.29) is 0 Å². The van der Waals surface area contributed by atoms with Crippen LogP contribution in [0, 0.1) is 11.8 Å². The Bertz CT molecular complexity index is 199. The van der Waals surface area contributed by atoms with Crippen LogP contribution < -0.4 is 5.73 Å². The maximum atomic E-state index is 5.57. The quantitative estimate of drug-likeness (QED) is 0.713. The summed E-state index contributed by atoms with van der Waals surface area (Å²) in [6.07, 6.45) is 8.83. The number of aliphatic imine (C=N–C) groups is 1. The second kappa shape index (κ2) is 13.3. The second-order valence-corrected chi connectivity index (χ2v) is 4.01. The molecule has 0 unspecified atom stereocenters. The first-order valence-electron chi connectivity index (χ1n) is 7.12. The van der Waals surface area contributed by atoms with E-state index in [1.54, 1.807) is 13.2 Å². The predicted octanol–water partition coefficient (Wildman–Crippen LogP) is 4.41. The van der Waals surface area contributed by atoms with Gasteiger partial charge < -0.3 is 5.73 Å². The Morgan fingerprint density at radius 3 is 1.88 bits per heavy atom. The molecule has 0 saturated heterocycles. The van der Waals surface area contributed by atoms with Crippen LogP contribution in [0.1, 0.15) is 60.3 Å². The van der Waals surface area contributed by atoms with E-state index in [1.807, 2.05) is 33.9 Å². The molecule has 1 saturated carbocycles. The highest BCUT2D eigenvalue weighted by Crippen LogP contribution is 2.31. The first-order chi connectivity index (χ1) is 8.27. The summed E-state index contributed by atoms with van der Waals surface area (Å²) in [6.45, 7) is 10.3. The van der Waals surface area contributed by atoms with Crippen LogP contribution in [0.2, 0.25) is 0 Å². The highest BCUT2D eigenvalue weighted by molar-refractivity contribution is 5.78. The van der Waals surface area contributed by atoms with Gasteiger partial charge in [0.25, 0.3) is 0 Å². The molecule has 0 radical (unpaired) electrons. The molecular formula is C15H32N2. The molecule has 1 fully saturated rings. The Hall–Kier alpha value is -0.790. The molecule has 2 heteroatoms. The number of hydrogen-bond donors (Lipinski definition) is 1. The standard InChI is InChI=1S/C11H20N2.2C2H6/c1-9-3-5-10(6-4-9)11(7-12)8-13-2;2*1-2/h7-10H,3-6,12H2,1-2H3;2*1-2H3/b11-7+,13-8?;;. The van der Waals surface area contributed by atoms with Crippen molar-refractivity contribution in [3.05, 3.63) is 11.8 Å². The minimum absolute atomic E-state index is 0.657. The van der Waals surface area contributed by atoms with Crippen LogP contribution in [0.3, 0.4) is 0 Å². The normalized spacial score (nSPS) is 24.5. The fourth-order valence-corrected chi connectivity index (χ4v) is 2.03. The summed E-state index contributed by atoms with van der Waals surface area (Å²) in [5.74, 6) is 1.55. The summed E-state index contributed by atoms with van der Waals surface area (Å²) in [5, 5.41) is 0. The van der Waals surface area contributed by atoms with Crippen molar-refractivity contribution in [1.29, 1.82) is 0 Å². The topological polar surface area (TPSA) is 38.4 Å². The highest BCUT2D eigenvalue weighted by atomic mass is 14.6. The summed E-state index contributed by atoms with van der Waals surface area (Å²) >= 11 is 0. The van der Waals surface area contributed by atoms with Crippen LogP contribution in [0.15, 0.2) is 16.8 Å². The molecule has 0 amide bonds. The SMILES string of the molecule is CC.CC.CN=C/C(=C\N)C1CCC(C)CC1. The first-order valence-corrected chi connectivity index (χ1v) is 7.12. The maximum Gasteiger partial charge on any atom is 0.0277 e. The van der Waals surface area contributed by atoms with Crippen LogP contribution >= 0.6 is 0 Å². The Morgan fingerprint density at radius 1 is 1.06 bits per heavy atom. The van der Waals surface area contributed by atoms with Crippen LogP contribution in [0.4, 0.5) is 0 Å². The zero-order chi connectivity index (χ0) is 13.7. The predicted molar refractivity (Wildman–Crippen MR) is 80.5 cm³/mol. The van der Waals surface area contributed by atoms with Gasteiger partial charge in [-0.15, -0.1) is 0 Å². The number of nitrogens with two attached hydrogens (primary N) is 1. The van der Waals surface area contributed by atoms with Gasteiger partial charge in [0.1, 0.15) is 0 Å². The van der Waals surface area contributed by atoms with E-state index < -0.39 is 0 Å². The first kappa shape index (κ1) is 18.6. The fraction of sp³-hybridized carbons (Fsp3) is 0.800. The minimum atomic E-state index is 0.657. The molecule has 1 aliphatic carbocycles. The molecule has 2 nitrogen and oxygen atoms in total. The average molecular weight is 240 g/mol. The molecule has 2 N–H and O–H groups in total. The lowest BCUT2D eigenvalue weighted by Gasteiger charge is -2.26. The molecule has 0 aromatic carbocycles. The van der Waals surface area contributed by atoms with E-state index in [2.05, 4.69) is 11.9 Å². The molecule has 17 heavy (non-hydrogen) atoms. The molecule has 0 spiro atoms. The summed E-state index contributed by atoms with van der Waals surface area (Å²) < 4.78 is 0. The lowest BCUT2D eigenvalue weighted by molar-refractivity contribution is 0.325. The number of rotatable bonds is 2. The highest BCUT2D eigenvalue weighted by Gasteiger charge is 2.20. The van der Waals surface area contributed by atoms with Gasteiger partial charge in [0, 0.05) is 13.3 Å². The molecule has 0 heterocycles. The van der Waals surface area contributed by atoms with E-state index in [1.165, 1.54) is 31.3 Å². The van der Waals surface area contributed by atoms with Gasteiger partial charge in [-0.1, -0.05) is 47.5 Å². The van der Waals surface area contributed by atoms with Crippen LogP contribution in [0.5, 0.6) is 0 Å². The van der Waals surface area contributed by atoms with Gasteiger partial charge in [-0.3, -0.25) is 4.99 Å². The van der Waals surface area contributed by atoms with E-state index in [0.717, 1.165) is 5.92 Å². The van der Waals surface area contributed by atoms with Crippen molar-refractivity contribution in [2.45, 2.75) is 60.3 Å². The Morgan fingerprint density at radius 2 is 1.53 bits per heavy atom. The molecule has 102 valence electrons. The third kappa shape index (κ3) is 8.00. The van der Waals surface area contributed by atoms with Crippen LogP contribution in [-0.2, 0) is 0 Å². The minimum Gasteiger partial charge on any atom is -0.404 e. The van der Waals surface area contributed by atoms with E-state index in [4.69, 9.17) is 5.73 Å². The average Bonchev–Trinajstić information content (AvgIpc) is 2.42. The largest absolute Gasteiger partial charge is 0.404 e. The molecular weight excluding hydrogens is 208 g/mol. The van der Waals surface area contributed by atoms with Gasteiger partial charge in [-0.05, 0) is 36.5 Å². The molecule has 0 aromatic heterocycles. The third-order valence-electron chi connectivity index (χ3n) is 2.96. The maximum absolute atomic E-state index is 5.57. The lowest BCUT2D eigenvalue weighted by atomic mass is 9.80. The van der Waals surface area contributed by atoms with E-state index >= 15 is 0 Å². The van der Waals surface area contributed by atoms with Crippen molar-refractivity contribution in [2.75, 3.05) is 7.05 Å². The van der Waals surface area contributed by atoms with Gasteiger partial charge in [0.05, 0.1) is 0 Å². The monoisotopic (exact) mass is 240 g/mol. The van der Waals surface area contributed by atoms with Crippen molar-refractivity contribution >= 4 is 6.21 Å². The number of allylic oxidation sites excluding steroid dienone is 1. The van der Waals surface area contributed by atoms with Crippen LogP contribution in [0.25, 0.3) is 0 Å². The summed E-state index contributed by atoms with van der Waals surface area (Å²) in [7, 11) is 1.80. The van der Waals surface area contributed by atoms with Gasteiger partial charge in [-0.25, -0.2) is 0 Å². The molecule has 0 aromatic rings. The molecule has 1 rings (SSSR count). The molecule has 0 aliphatic heterocycles. The Labute approximate surface area is 108 Å². The Kier molecular flexibility index (Phi) is 14.5. The zero-order valence-electron chi connectivity index (χ0n) is 12.7. The van der Waals surface area contributed by atoms with E-state index in [0.29, 0.717) is 5.92 Å². The number of hydrogen-bond acceptors (Lipinski definition) is 2. The zero-order valence-corrected chi connectivity index (χ0v) is 12.7. The van der Waals surface area contributed by atoms with Gasteiger partial charge in [0.15, 0.2) is 0 Å². The van der Waals surface area contributed by atoms with Crippen molar-refractivity contribution in [3.8, 4) is 0 Å². The van der Waals surface area contributed by atoms with Gasteiger partial charge in [-0.2, -0.15) is 0 Å². The van der Waals surface area contributed by atoms with Crippen LogP contribution in [-0.4, -0.2) is 13.3 Å². The second-order valence-electron chi connectivity index (χ2n) is 4.01. The fourth-order valence-electron chi connectivity index (χ4n) is 2.03. The van der Waals surface area contributed by atoms with Gasteiger partial charge in [0.2, 0.25) is 0 Å². The summed E-state index contributed by atoms with van der Waals surface area (Å²) in [4.78, 5) is 4.03. The van der Waals surface area contributed by atoms with Crippen molar-refractivity contribution < 1.29 is 0 Å². The molecule has 0 bridgehead atoms. The number of nitrogens with zero attached hydrogens (tertiary/aromatic N) is 1. The molecule has 0 atom stereocenters. The van der Waals surface area contributed by atoms with Crippen molar-refractivity contribution in [2.24, 2.45) is 22.6 Å². The third-order valence-corrected chi connectivity index (χ3v) is 2.96. The summed E-state index contributed by atoms with van der Waals surface area (Å²) in [5.41, 5.74) is 6.79. The van der Waals surface area contributed by atoms with Crippen molar-refractivity contribution in [1.82, 2.24) is 0 Å². The lowest BCUT2D eigenvalue weighted by Crippen LogP contribution is -2.15. The Balaban J connectivity index is 0. The van der Waals surface area contributed by atoms with E-state index in [9.17, 15) is 0 Å². The summed E-state index contributed by atoms with van der Waals surface area (Å²) in [6, 6.07) is 0. The van der Waals surface area contributed by atoms with Crippen molar-refractivity contribution in [3.63, 3.8) is 0 Å². The smallest absolute Gasteiger partial charge is 0.0277 e. The van der Waals surface area contributed by atoms with Gasteiger partial charge >= 0.3 is 0 Å². The molecule has 1 aliphatic rings.